The summed E-state index contributed by atoms with van der Waals surface area (Å²) in [7, 11) is 1.81. The van der Waals surface area contributed by atoms with Gasteiger partial charge in [-0.2, -0.15) is 0 Å². The number of amides is 2. The summed E-state index contributed by atoms with van der Waals surface area (Å²) in [6.07, 6.45) is 1.43. The summed E-state index contributed by atoms with van der Waals surface area (Å²) < 4.78 is 10.8. The third kappa shape index (κ3) is 2.39. The third-order valence-electron chi connectivity index (χ3n) is 4.96. The summed E-state index contributed by atoms with van der Waals surface area (Å²) in [5.74, 6) is 0.524. The number of carbonyl (C=O) groups is 2. The molecule has 1 spiro atoms. The number of nitrogens with zero attached hydrogens (tertiary/aromatic N) is 3. The van der Waals surface area contributed by atoms with Gasteiger partial charge in [-0.05, 0) is 26.7 Å². The molecular weight excluding hydrogens is 286 g/mol. The standard InChI is InChI=1S/C15H21N3O4/c1-10-8-12(16-22-10)14(20)18-6-4-15(5-7-18)11(2)17(3)13(19)9-21-15/h8,11H,4-7,9H2,1-3H3/t11-/m0/s1. The number of morpholine rings is 1. The van der Waals surface area contributed by atoms with Crippen molar-refractivity contribution in [3.63, 3.8) is 0 Å². The van der Waals surface area contributed by atoms with Gasteiger partial charge in [0.2, 0.25) is 5.91 Å². The van der Waals surface area contributed by atoms with Crippen molar-refractivity contribution in [2.24, 2.45) is 0 Å². The van der Waals surface area contributed by atoms with Crippen LogP contribution in [0.4, 0.5) is 0 Å². The number of piperidine rings is 1. The van der Waals surface area contributed by atoms with Gasteiger partial charge in [0.25, 0.3) is 5.91 Å². The van der Waals surface area contributed by atoms with Gasteiger partial charge in [0.1, 0.15) is 12.4 Å². The highest BCUT2D eigenvalue weighted by molar-refractivity contribution is 5.92. The summed E-state index contributed by atoms with van der Waals surface area (Å²) in [6, 6.07) is 1.67. The van der Waals surface area contributed by atoms with Crippen molar-refractivity contribution in [2.75, 3.05) is 26.7 Å². The lowest BCUT2D eigenvalue weighted by atomic mass is 9.83. The van der Waals surface area contributed by atoms with Crippen LogP contribution in [0.3, 0.4) is 0 Å². The number of ether oxygens (including phenoxy) is 1. The highest BCUT2D eigenvalue weighted by Crippen LogP contribution is 2.35. The van der Waals surface area contributed by atoms with E-state index in [0.717, 1.165) is 0 Å². The van der Waals surface area contributed by atoms with Crippen LogP contribution in [0.1, 0.15) is 36.0 Å². The minimum Gasteiger partial charge on any atom is -0.363 e. The molecule has 1 aromatic heterocycles. The summed E-state index contributed by atoms with van der Waals surface area (Å²) in [5.41, 5.74) is -0.00233. The van der Waals surface area contributed by atoms with Crippen LogP contribution in [-0.2, 0) is 9.53 Å². The first-order chi connectivity index (χ1) is 10.4. The number of likely N-dealkylation sites (N-methyl/N-ethyl adjacent to an activating group) is 1. The minimum absolute atomic E-state index is 0.00898. The van der Waals surface area contributed by atoms with Gasteiger partial charge >= 0.3 is 0 Å². The van der Waals surface area contributed by atoms with E-state index >= 15 is 0 Å². The van der Waals surface area contributed by atoms with Crippen molar-refractivity contribution in [1.82, 2.24) is 15.0 Å². The molecule has 120 valence electrons. The molecular formula is C15H21N3O4. The summed E-state index contributed by atoms with van der Waals surface area (Å²) in [4.78, 5) is 27.6. The first-order valence-electron chi connectivity index (χ1n) is 7.55. The van der Waals surface area contributed by atoms with Crippen molar-refractivity contribution in [3.8, 4) is 0 Å². The maximum atomic E-state index is 12.4. The molecule has 0 unspecified atom stereocenters. The maximum absolute atomic E-state index is 12.4. The van der Waals surface area contributed by atoms with E-state index in [9.17, 15) is 9.59 Å². The second kappa shape index (κ2) is 5.39. The molecule has 2 saturated heterocycles. The largest absolute Gasteiger partial charge is 0.363 e. The van der Waals surface area contributed by atoms with Crippen LogP contribution in [0.25, 0.3) is 0 Å². The summed E-state index contributed by atoms with van der Waals surface area (Å²) in [5, 5.41) is 3.78. The van der Waals surface area contributed by atoms with Gasteiger partial charge in [0.15, 0.2) is 5.69 Å². The predicted molar refractivity (Wildman–Crippen MR) is 77.3 cm³/mol. The maximum Gasteiger partial charge on any atom is 0.276 e. The zero-order chi connectivity index (χ0) is 15.9. The fourth-order valence-corrected chi connectivity index (χ4v) is 3.28. The molecule has 3 rings (SSSR count). The first-order valence-corrected chi connectivity index (χ1v) is 7.55. The summed E-state index contributed by atoms with van der Waals surface area (Å²) in [6.45, 7) is 5.08. The topological polar surface area (TPSA) is 75.9 Å². The van der Waals surface area contributed by atoms with E-state index in [0.29, 0.717) is 37.4 Å². The molecule has 0 bridgehead atoms. The third-order valence-corrected chi connectivity index (χ3v) is 4.96. The van der Waals surface area contributed by atoms with Gasteiger partial charge < -0.3 is 19.1 Å². The average Bonchev–Trinajstić information content (AvgIpc) is 2.96. The van der Waals surface area contributed by atoms with Crippen LogP contribution in [-0.4, -0.2) is 65.2 Å². The molecule has 0 aliphatic carbocycles. The fraction of sp³-hybridized carbons (Fsp3) is 0.667. The minimum atomic E-state index is -0.348. The van der Waals surface area contributed by atoms with Crippen molar-refractivity contribution in [2.45, 2.75) is 38.3 Å². The highest BCUT2D eigenvalue weighted by atomic mass is 16.5. The molecule has 2 amide bonds. The molecule has 0 saturated carbocycles. The van der Waals surface area contributed by atoms with Gasteiger partial charge in [-0.25, -0.2) is 0 Å². The first kappa shape index (κ1) is 15.0. The van der Waals surface area contributed by atoms with Gasteiger partial charge in [-0.3, -0.25) is 9.59 Å². The molecule has 2 aliphatic rings. The molecule has 7 heteroatoms. The van der Waals surface area contributed by atoms with Crippen molar-refractivity contribution in [3.05, 3.63) is 17.5 Å². The van der Waals surface area contributed by atoms with E-state index in [1.807, 2.05) is 14.0 Å². The van der Waals surface area contributed by atoms with E-state index < -0.39 is 0 Å². The Kier molecular flexibility index (Phi) is 3.68. The number of likely N-dealkylation sites (tertiary alicyclic amines) is 1. The van der Waals surface area contributed by atoms with E-state index in [4.69, 9.17) is 9.26 Å². The Morgan fingerprint density at radius 1 is 1.41 bits per heavy atom. The molecule has 3 heterocycles. The van der Waals surface area contributed by atoms with Crippen molar-refractivity contribution < 1.29 is 18.8 Å². The Morgan fingerprint density at radius 3 is 2.68 bits per heavy atom. The van der Waals surface area contributed by atoms with Gasteiger partial charge in [0, 0.05) is 26.2 Å². The molecule has 0 radical (unpaired) electrons. The molecule has 0 N–H and O–H groups in total. The SMILES string of the molecule is Cc1cc(C(=O)N2CCC3(CC2)OCC(=O)N(C)[C@H]3C)no1. The van der Waals surface area contributed by atoms with Crippen LogP contribution in [0.15, 0.2) is 10.6 Å². The number of carbonyl (C=O) groups excluding carboxylic acids is 2. The normalized spacial score (nSPS) is 24.9. The quantitative estimate of drug-likeness (QED) is 0.768. The second-order valence-electron chi connectivity index (χ2n) is 6.15. The van der Waals surface area contributed by atoms with Crippen LogP contribution in [0, 0.1) is 6.92 Å². The van der Waals surface area contributed by atoms with Gasteiger partial charge in [-0.1, -0.05) is 5.16 Å². The Labute approximate surface area is 129 Å². The lowest BCUT2D eigenvalue weighted by Gasteiger charge is -2.50. The average molecular weight is 307 g/mol. The zero-order valence-electron chi connectivity index (χ0n) is 13.2. The fourth-order valence-electron chi connectivity index (χ4n) is 3.28. The predicted octanol–water partition coefficient (Wildman–Crippen LogP) is 0.835. The Bertz CT molecular complexity index is 589. The Hall–Kier alpha value is -1.89. The molecule has 7 nitrogen and oxygen atoms in total. The lowest BCUT2D eigenvalue weighted by Crippen LogP contribution is -2.63. The smallest absolute Gasteiger partial charge is 0.276 e. The number of rotatable bonds is 1. The van der Waals surface area contributed by atoms with Crippen molar-refractivity contribution >= 4 is 11.8 Å². The molecule has 2 fully saturated rings. The number of hydrogen-bond acceptors (Lipinski definition) is 5. The van der Waals surface area contributed by atoms with E-state index in [2.05, 4.69) is 5.16 Å². The van der Waals surface area contributed by atoms with Crippen LogP contribution in [0.2, 0.25) is 0 Å². The zero-order valence-corrected chi connectivity index (χ0v) is 13.2. The molecule has 1 atom stereocenters. The Balaban J connectivity index is 1.67. The van der Waals surface area contributed by atoms with Gasteiger partial charge in [-0.15, -0.1) is 0 Å². The van der Waals surface area contributed by atoms with Crippen LogP contribution >= 0.6 is 0 Å². The molecule has 1 aromatic rings. The van der Waals surface area contributed by atoms with Gasteiger partial charge in [0.05, 0.1) is 11.6 Å². The molecule has 2 aliphatic heterocycles. The van der Waals surface area contributed by atoms with Crippen molar-refractivity contribution in [1.29, 1.82) is 0 Å². The van der Waals surface area contributed by atoms with Crippen LogP contribution < -0.4 is 0 Å². The Morgan fingerprint density at radius 2 is 2.09 bits per heavy atom. The number of aryl methyl sites for hydroxylation is 1. The van der Waals surface area contributed by atoms with Crippen LogP contribution in [0.5, 0.6) is 0 Å². The van der Waals surface area contributed by atoms with E-state index in [-0.39, 0.29) is 30.1 Å². The highest BCUT2D eigenvalue weighted by Gasteiger charge is 2.47. The summed E-state index contributed by atoms with van der Waals surface area (Å²) >= 11 is 0. The molecule has 0 aromatic carbocycles. The number of hydrogen-bond donors (Lipinski definition) is 0. The molecule has 22 heavy (non-hydrogen) atoms. The van der Waals surface area contributed by atoms with E-state index in [1.165, 1.54) is 0 Å². The van der Waals surface area contributed by atoms with E-state index in [1.54, 1.807) is 22.8 Å². The lowest BCUT2D eigenvalue weighted by molar-refractivity contribution is -0.181. The number of aromatic nitrogens is 1. The monoisotopic (exact) mass is 307 g/mol. The second-order valence-corrected chi connectivity index (χ2v) is 6.15.